The van der Waals surface area contributed by atoms with Crippen LogP contribution in [0.1, 0.15) is 12.5 Å². The minimum absolute atomic E-state index is 0.0573. The van der Waals surface area contributed by atoms with Crippen molar-refractivity contribution < 1.29 is 14.6 Å². The number of halogens is 1. The summed E-state index contributed by atoms with van der Waals surface area (Å²) in [5.74, 6) is 0.128. The molecule has 0 aliphatic heterocycles. The maximum Gasteiger partial charge on any atom is 0.176 e. The summed E-state index contributed by atoms with van der Waals surface area (Å²) in [4.78, 5) is 10.7. The van der Waals surface area contributed by atoms with Crippen LogP contribution >= 0.6 is 11.6 Å². The molecule has 0 aliphatic rings. The number of carbonyl (C=O) groups is 1. The molecule has 1 aromatic carbocycles. The minimum Gasteiger partial charge on any atom is -0.503 e. The van der Waals surface area contributed by atoms with E-state index in [2.05, 4.69) is 0 Å². The first-order valence-corrected chi connectivity index (χ1v) is 4.67. The van der Waals surface area contributed by atoms with Gasteiger partial charge in [0.05, 0.1) is 12.1 Å². The normalized spacial score (nSPS) is 10.6. The quantitative estimate of drug-likeness (QED) is 0.806. The van der Waals surface area contributed by atoms with Gasteiger partial charge in [0.1, 0.15) is 0 Å². The third-order valence-corrected chi connectivity index (χ3v) is 2.07. The molecule has 4 heteroatoms. The van der Waals surface area contributed by atoms with Crippen LogP contribution in [-0.4, -0.2) is 18.0 Å². The lowest BCUT2D eigenvalue weighted by Gasteiger charge is -2.05. The number of methoxy groups -OCH3 is 1. The molecule has 0 atom stereocenters. The summed E-state index contributed by atoms with van der Waals surface area (Å²) in [6.07, 6.45) is 3.03. The number of aromatic hydroxyl groups is 1. The Labute approximate surface area is 92.9 Å². The van der Waals surface area contributed by atoms with Crippen molar-refractivity contribution >= 4 is 23.5 Å². The topological polar surface area (TPSA) is 46.5 Å². The van der Waals surface area contributed by atoms with Gasteiger partial charge in [0, 0.05) is 0 Å². The van der Waals surface area contributed by atoms with Crippen LogP contribution in [0.5, 0.6) is 11.5 Å². The van der Waals surface area contributed by atoms with E-state index in [1.54, 1.807) is 18.2 Å². The zero-order valence-corrected chi connectivity index (χ0v) is 9.21. The third-order valence-electron chi connectivity index (χ3n) is 1.78. The van der Waals surface area contributed by atoms with Gasteiger partial charge in [0.15, 0.2) is 17.3 Å². The van der Waals surface area contributed by atoms with Crippen molar-refractivity contribution in [1.82, 2.24) is 0 Å². The highest BCUT2D eigenvalue weighted by Crippen LogP contribution is 2.35. The molecule has 3 nitrogen and oxygen atoms in total. The van der Waals surface area contributed by atoms with Gasteiger partial charge in [-0.25, -0.2) is 0 Å². The Bertz CT molecular complexity index is 411. The number of hydrogen-bond donors (Lipinski definition) is 1. The van der Waals surface area contributed by atoms with E-state index in [-0.39, 0.29) is 22.3 Å². The van der Waals surface area contributed by atoms with Crippen molar-refractivity contribution in [3.05, 3.63) is 28.8 Å². The highest BCUT2D eigenvalue weighted by molar-refractivity contribution is 6.32. The summed E-state index contributed by atoms with van der Waals surface area (Å²) in [5, 5.41) is 9.64. The van der Waals surface area contributed by atoms with Gasteiger partial charge in [0.2, 0.25) is 0 Å². The Balaban J connectivity index is 3.11. The monoisotopic (exact) mass is 226 g/mol. The van der Waals surface area contributed by atoms with Crippen molar-refractivity contribution in [3.63, 3.8) is 0 Å². The molecule has 15 heavy (non-hydrogen) atoms. The fraction of sp³-hybridized carbons (Fsp3) is 0.182. The second-order valence-electron chi connectivity index (χ2n) is 3.00. The molecule has 0 bridgehead atoms. The molecule has 0 radical (unpaired) electrons. The van der Waals surface area contributed by atoms with E-state index in [9.17, 15) is 9.90 Å². The molecule has 0 aromatic heterocycles. The number of rotatable bonds is 3. The number of hydrogen-bond acceptors (Lipinski definition) is 3. The molecule has 0 fully saturated rings. The lowest BCUT2D eigenvalue weighted by molar-refractivity contribution is -0.112. The Morgan fingerprint density at radius 3 is 2.73 bits per heavy atom. The van der Waals surface area contributed by atoms with Crippen LogP contribution < -0.4 is 4.74 Å². The molecule has 0 amide bonds. The van der Waals surface area contributed by atoms with Gasteiger partial charge in [-0.3, -0.25) is 4.79 Å². The largest absolute Gasteiger partial charge is 0.503 e. The van der Waals surface area contributed by atoms with Crippen LogP contribution in [0.15, 0.2) is 18.2 Å². The van der Waals surface area contributed by atoms with Gasteiger partial charge in [-0.2, -0.15) is 0 Å². The van der Waals surface area contributed by atoms with Crippen molar-refractivity contribution in [2.75, 3.05) is 7.11 Å². The van der Waals surface area contributed by atoms with E-state index in [4.69, 9.17) is 16.3 Å². The zero-order chi connectivity index (χ0) is 11.4. The number of carbonyl (C=O) groups excluding carboxylic acids is 1. The Kier molecular flexibility index (Phi) is 3.74. The third kappa shape index (κ3) is 2.99. The highest BCUT2D eigenvalue weighted by Gasteiger charge is 2.07. The first-order valence-electron chi connectivity index (χ1n) is 4.29. The van der Waals surface area contributed by atoms with Gasteiger partial charge >= 0.3 is 0 Å². The number of phenols is 1. The molecule has 0 aliphatic carbocycles. The van der Waals surface area contributed by atoms with Crippen LogP contribution in [0, 0.1) is 0 Å². The first-order chi connectivity index (χ1) is 7.04. The van der Waals surface area contributed by atoms with Crippen molar-refractivity contribution in [3.8, 4) is 11.5 Å². The predicted molar refractivity (Wildman–Crippen MR) is 59.4 cm³/mol. The number of benzene rings is 1. The zero-order valence-electron chi connectivity index (χ0n) is 8.45. The lowest BCUT2D eigenvalue weighted by Crippen LogP contribution is -1.86. The van der Waals surface area contributed by atoms with Crippen molar-refractivity contribution in [2.24, 2.45) is 0 Å². The van der Waals surface area contributed by atoms with Gasteiger partial charge in [0.25, 0.3) is 0 Å². The number of ketones is 1. The molecular formula is C11H11ClO3. The number of allylic oxidation sites excluding steroid dienone is 1. The van der Waals surface area contributed by atoms with Crippen molar-refractivity contribution in [2.45, 2.75) is 6.92 Å². The van der Waals surface area contributed by atoms with Crippen LogP contribution in [0.4, 0.5) is 0 Å². The second kappa shape index (κ2) is 4.84. The molecule has 0 spiro atoms. The molecule has 1 N–H and O–H groups in total. The van der Waals surface area contributed by atoms with E-state index in [1.807, 2.05) is 0 Å². The molecule has 80 valence electrons. The highest BCUT2D eigenvalue weighted by atomic mass is 35.5. The average molecular weight is 227 g/mol. The predicted octanol–water partition coefficient (Wildman–Crippen LogP) is 2.66. The second-order valence-corrected chi connectivity index (χ2v) is 3.40. The van der Waals surface area contributed by atoms with Crippen LogP contribution in [-0.2, 0) is 4.79 Å². The van der Waals surface area contributed by atoms with E-state index in [1.165, 1.54) is 20.1 Å². The molecule has 1 aromatic rings. The fourth-order valence-corrected chi connectivity index (χ4v) is 1.28. The molecule has 1 rings (SSSR count). The van der Waals surface area contributed by atoms with Gasteiger partial charge in [-0.1, -0.05) is 17.7 Å². The lowest BCUT2D eigenvalue weighted by atomic mass is 10.1. The summed E-state index contributed by atoms with van der Waals surface area (Å²) in [6, 6.07) is 3.15. The standard InChI is InChI=1S/C11H11ClO3/c1-7(13)3-4-8-5-9(12)11(14)10(6-8)15-2/h3-6,14H,1-2H3/b4-3+. The van der Waals surface area contributed by atoms with Gasteiger partial charge in [-0.15, -0.1) is 0 Å². The van der Waals surface area contributed by atoms with Crippen LogP contribution in [0.2, 0.25) is 5.02 Å². The Morgan fingerprint density at radius 1 is 1.53 bits per heavy atom. The Morgan fingerprint density at radius 2 is 2.20 bits per heavy atom. The maximum absolute atomic E-state index is 10.7. The fourth-order valence-electron chi connectivity index (χ4n) is 1.06. The molecule has 0 saturated carbocycles. The molecule has 0 saturated heterocycles. The number of ether oxygens (including phenoxy) is 1. The van der Waals surface area contributed by atoms with E-state index < -0.39 is 0 Å². The minimum atomic E-state index is -0.0980. The van der Waals surface area contributed by atoms with Crippen LogP contribution in [0.25, 0.3) is 6.08 Å². The summed E-state index contributed by atoms with van der Waals surface area (Å²) >= 11 is 5.76. The molecule has 0 unspecified atom stereocenters. The van der Waals surface area contributed by atoms with Crippen molar-refractivity contribution in [1.29, 1.82) is 0 Å². The van der Waals surface area contributed by atoms with Gasteiger partial charge in [-0.05, 0) is 30.7 Å². The summed E-state index contributed by atoms with van der Waals surface area (Å²) in [7, 11) is 1.43. The molecule has 0 heterocycles. The van der Waals surface area contributed by atoms with Gasteiger partial charge < -0.3 is 9.84 Å². The summed E-state index contributed by atoms with van der Waals surface area (Å²) in [6.45, 7) is 1.45. The Hall–Kier alpha value is -1.48. The first kappa shape index (κ1) is 11.6. The average Bonchev–Trinajstić information content (AvgIpc) is 2.19. The van der Waals surface area contributed by atoms with E-state index >= 15 is 0 Å². The van der Waals surface area contributed by atoms with E-state index in [0.29, 0.717) is 5.56 Å². The molecular weight excluding hydrogens is 216 g/mol. The smallest absolute Gasteiger partial charge is 0.176 e. The summed E-state index contributed by atoms with van der Waals surface area (Å²) < 4.78 is 4.92. The SMILES string of the molecule is COc1cc(/C=C/C(C)=O)cc(Cl)c1O. The van der Waals surface area contributed by atoms with Crippen LogP contribution in [0.3, 0.4) is 0 Å². The maximum atomic E-state index is 10.7. The van der Waals surface area contributed by atoms with E-state index in [0.717, 1.165) is 0 Å². The number of phenolic OH excluding ortho intramolecular Hbond substituents is 1. The summed E-state index contributed by atoms with van der Waals surface area (Å²) in [5.41, 5.74) is 0.699.